The molecule has 2 rings (SSSR count). The molecule has 0 spiro atoms. The Kier molecular flexibility index (Phi) is 3.56. The number of carbonyl (C=O) groups excluding carboxylic acids is 1. The third-order valence-corrected chi connectivity index (χ3v) is 3.15. The second kappa shape index (κ2) is 4.93. The first kappa shape index (κ1) is 11.5. The Labute approximate surface area is 103 Å². The Morgan fingerprint density at radius 1 is 1.62 bits per heavy atom. The number of carbonyl (C=O) groups is 1. The maximum atomic E-state index is 12.2. The maximum absolute atomic E-state index is 12.2. The molecule has 1 fully saturated rings. The smallest absolute Gasteiger partial charge is 0.255 e. The van der Waals surface area contributed by atoms with Gasteiger partial charge in [0.15, 0.2) is 0 Å². The summed E-state index contributed by atoms with van der Waals surface area (Å²) in [5, 5.41) is 3.26. The summed E-state index contributed by atoms with van der Waals surface area (Å²) in [6.45, 7) is 4.52. The molecule has 2 heterocycles. The summed E-state index contributed by atoms with van der Waals surface area (Å²) >= 11 is 3.32. The van der Waals surface area contributed by atoms with Crippen LogP contribution in [0.2, 0.25) is 0 Å². The first-order valence-corrected chi connectivity index (χ1v) is 6.10. The van der Waals surface area contributed by atoms with Crippen molar-refractivity contribution < 1.29 is 4.79 Å². The lowest BCUT2D eigenvalue weighted by molar-refractivity contribution is 0.0655. The van der Waals surface area contributed by atoms with Crippen molar-refractivity contribution in [3.63, 3.8) is 0 Å². The Bertz CT molecular complexity index is 397. The highest BCUT2D eigenvalue weighted by Crippen LogP contribution is 2.14. The topological polar surface area (TPSA) is 45.2 Å². The van der Waals surface area contributed by atoms with Crippen LogP contribution in [-0.4, -0.2) is 41.5 Å². The monoisotopic (exact) mass is 283 g/mol. The number of piperazine rings is 1. The summed E-state index contributed by atoms with van der Waals surface area (Å²) in [6, 6.07) is 2.05. The van der Waals surface area contributed by atoms with Crippen LogP contribution in [0.25, 0.3) is 0 Å². The average molecular weight is 284 g/mol. The van der Waals surface area contributed by atoms with Gasteiger partial charge in [-0.2, -0.15) is 0 Å². The molecule has 1 N–H and O–H groups in total. The number of amides is 1. The van der Waals surface area contributed by atoms with E-state index < -0.39 is 0 Å². The van der Waals surface area contributed by atoms with Gasteiger partial charge in [0, 0.05) is 42.5 Å². The van der Waals surface area contributed by atoms with Gasteiger partial charge in [-0.15, -0.1) is 0 Å². The molecule has 1 aliphatic rings. The van der Waals surface area contributed by atoms with Gasteiger partial charge in [-0.3, -0.25) is 9.78 Å². The number of rotatable bonds is 1. The normalized spacial score (nSPS) is 20.9. The van der Waals surface area contributed by atoms with E-state index in [-0.39, 0.29) is 11.9 Å². The number of nitrogens with zero attached hydrogens (tertiary/aromatic N) is 2. The Balaban J connectivity index is 2.17. The van der Waals surface area contributed by atoms with Gasteiger partial charge in [-0.05, 0) is 28.9 Å². The quantitative estimate of drug-likeness (QED) is 0.845. The van der Waals surface area contributed by atoms with Gasteiger partial charge in [-0.1, -0.05) is 0 Å². The molecule has 0 radical (unpaired) electrons. The number of hydrogen-bond donors (Lipinski definition) is 1. The highest BCUT2D eigenvalue weighted by Gasteiger charge is 2.24. The van der Waals surface area contributed by atoms with Crippen LogP contribution in [0.3, 0.4) is 0 Å². The van der Waals surface area contributed by atoms with Crippen LogP contribution in [-0.2, 0) is 0 Å². The molecule has 1 aliphatic heterocycles. The molecule has 1 amide bonds. The summed E-state index contributed by atoms with van der Waals surface area (Å²) in [4.78, 5) is 18.1. The van der Waals surface area contributed by atoms with Crippen molar-refractivity contribution >= 4 is 21.8 Å². The molecule has 1 unspecified atom stereocenters. The van der Waals surface area contributed by atoms with E-state index in [2.05, 4.69) is 33.2 Å². The number of nitrogens with one attached hydrogen (secondary N) is 1. The fourth-order valence-electron chi connectivity index (χ4n) is 1.84. The first-order valence-electron chi connectivity index (χ1n) is 5.30. The SMILES string of the molecule is CC1CNCCN1C(=O)c1cncc(Br)c1. The van der Waals surface area contributed by atoms with Crippen molar-refractivity contribution in [3.8, 4) is 0 Å². The molecule has 86 valence electrons. The van der Waals surface area contributed by atoms with Gasteiger partial charge in [-0.25, -0.2) is 0 Å². The summed E-state index contributed by atoms with van der Waals surface area (Å²) in [5.74, 6) is 0.0581. The second-order valence-corrected chi connectivity index (χ2v) is 4.86. The van der Waals surface area contributed by atoms with E-state index in [0.29, 0.717) is 5.56 Å². The fourth-order valence-corrected chi connectivity index (χ4v) is 2.20. The van der Waals surface area contributed by atoms with Gasteiger partial charge in [0.2, 0.25) is 0 Å². The van der Waals surface area contributed by atoms with Crippen LogP contribution in [0.15, 0.2) is 22.9 Å². The summed E-state index contributed by atoms with van der Waals surface area (Å²) in [7, 11) is 0. The molecule has 1 saturated heterocycles. The number of halogens is 1. The third kappa shape index (κ3) is 2.41. The molecule has 1 atom stereocenters. The van der Waals surface area contributed by atoms with Gasteiger partial charge in [0.25, 0.3) is 5.91 Å². The molecule has 5 heteroatoms. The van der Waals surface area contributed by atoms with E-state index >= 15 is 0 Å². The molecule has 1 aromatic rings. The fraction of sp³-hybridized carbons (Fsp3) is 0.455. The van der Waals surface area contributed by atoms with Crippen LogP contribution >= 0.6 is 15.9 Å². The highest BCUT2D eigenvalue weighted by atomic mass is 79.9. The molecular formula is C11H14BrN3O. The minimum atomic E-state index is 0.0581. The molecular weight excluding hydrogens is 270 g/mol. The van der Waals surface area contributed by atoms with E-state index in [1.807, 2.05) is 11.0 Å². The van der Waals surface area contributed by atoms with E-state index in [1.165, 1.54) is 0 Å². The van der Waals surface area contributed by atoms with Crippen molar-refractivity contribution in [1.82, 2.24) is 15.2 Å². The lowest BCUT2D eigenvalue weighted by Gasteiger charge is -2.33. The second-order valence-electron chi connectivity index (χ2n) is 3.94. The predicted octanol–water partition coefficient (Wildman–Crippen LogP) is 1.28. The molecule has 0 aromatic carbocycles. The molecule has 1 aromatic heterocycles. The van der Waals surface area contributed by atoms with Crippen LogP contribution in [0.1, 0.15) is 17.3 Å². The minimum Gasteiger partial charge on any atom is -0.333 e. The summed E-state index contributed by atoms with van der Waals surface area (Å²) < 4.78 is 0.834. The lowest BCUT2D eigenvalue weighted by atomic mass is 10.1. The zero-order valence-corrected chi connectivity index (χ0v) is 10.7. The van der Waals surface area contributed by atoms with E-state index in [0.717, 1.165) is 24.1 Å². The van der Waals surface area contributed by atoms with Crippen molar-refractivity contribution in [2.75, 3.05) is 19.6 Å². The van der Waals surface area contributed by atoms with E-state index in [4.69, 9.17) is 0 Å². The Morgan fingerprint density at radius 3 is 3.12 bits per heavy atom. The molecule has 0 bridgehead atoms. The van der Waals surface area contributed by atoms with Gasteiger partial charge in [0.05, 0.1) is 5.56 Å². The first-order chi connectivity index (χ1) is 7.68. The van der Waals surface area contributed by atoms with Crippen LogP contribution < -0.4 is 5.32 Å². The predicted molar refractivity (Wildman–Crippen MR) is 65.3 cm³/mol. The largest absolute Gasteiger partial charge is 0.333 e. The van der Waals surface area contributed by atoms with Crippen LogP contribution in [0.4, 0.5) is 0 Å². The third-order valence-electron chi connectivity index (χ3n) is 2.71. The lowest BCUT2D eigenvalue weighted by Crippen LogP contribution is -2.52. The highest BCUT2D eigenvalue weighted by molar-refractivity contribution is 9.10. The van der Waals surface area contributed by atoms with E-state index in [1.54, 1.807) is 12.4 Å². The van der Waals surface area contributed by atoms with Crippen molar-refractivity contribution in [1.29, 1.82) is 0 Å². The van der Waals surface area contributed by atoms with Crippen molar-refractivity contribution in [2.45, 2.75) is 13.0 Å². The maximum Gasteiger partial charge on any atom is 0.255 e. The van der Waals surface area contributed by atoms with Crippen LogP contribution in [0, 0.1) is 0 Å². The standard InChI is InChI=1S/C11H14BrN3O/c1-8-5-13-2-3-15(8)11(16)9-4-10(12)7-14-6-9/h4,6-8,13H,2-3,5H2,1H3. The van der Waals surface area contributed by atoms with E-state index in [9.17, 15) is 4.79 Å². The summed E-state index contributed by atoms with van der Waals surface area (Å²) in [6.07, 6.45) is 3.29. The number of aromatic nitrogens is 1. The molecule has 0 aliphatic carbocycles. The van der Waals surface area contributed by atoms with Crippen molar-refractivity contribution in [2.24, 2.45) is 0 Å². The Morgan fingerprint density at radius 2 is 2.44 bits per heavy atom. The average Bonchev–Trinajstić information content (AvgIpc) is 2.29. The van der Waals surface area contributed by atoms with Crippen LogP contribution in [0.5, 0.6) is 0 Å². The Hall–Kier alpha value is -0.940. The molecule has 4 nitrogen and oxygen atoms in total. The minimum absolute atomic E-state index is 0.0581. The number of hydrogen-bond acceptors (Lipinski definition) is 3. The number of pyridine rings is 1. The van der Waals surface area contributed by atoms with Gasteiger partial charge in [0.1, 0.15) is 0 Å². The molecule has 16 heavy (non-hydrogen) atoms. The summed E-state index contributed by atoms with van der Waals surface area (Å²) in [5.41, 5.74) is 0.642. The molecule has 0 saturated carbocycles. The zero-order valence-electron chi connectivity index (χ0n) is 9.11. The zero-order chi connectivity index (χ0) is 11.5. The van der Waals surface area contributed by atoms with Crippen molar-refractivity contribution in [3.05, 3.63) is 28.5 Å². The van der Waals surface area contributed by atoms with Gasteiger partial charge < -0.3 is 10.2 Å². The van der Waals surface area contributed by atoms with Gasteiger partial charge >= 0.3 is 0 Å².